The van der Waals surface area contributed by atoms with Gasteiger partial charge in [0.05, 0.1) is 52.7 Å². The van der Waals surface area contributed by atoms with Crippen LogP contribution in [0.1, 0.15) is 100 Å². The summed E-state index contributed by atoms with van der Waals surface area (Å²) < 4.78 is 26.9. The number of piperidine rings is 1. The standard InChI is InChI=1S/C58H57FN12O8/c1-31(2)71-44-16-10-34(23-36(44)27-61-71)48-49-51-46(66(3)58(78)70(51)40-13-11-39(26-40)63-57(77)79-4)28-60-52(49)65-50(48)35-9-14-42(43(59)25-35)55(75)68-21-19-67(20-22-68)29-32-5-7-33(8-6-32)53(73)62-38-12-15-41-37(24-38)30-69(56(41)76)45-17-18-47(72)64-54(45)74/h5-10,12,14-16,23-25,27-28,31,39-40,45H,11,13,17-22,26,29-30H2,1-4H3,(H,60,65)(H,62,73)(H,63,77)(H,64,72,74)/t39-,40-,45?/m1/s1. The van der Waals surface area contributed by atoms with Crippen molar-refractivity contribution in [2.75, 3.05) is 38.6 Å². The average Bonchev–Trinajstić information content (AvgIpc) is 3.95. The van der Waals surface area contributed by atoms with Gasteiger partial charge in [-0.25, -0.2) is 19.0 Å². The van der Waals surface area contributed by atoms with Crippen LogP contribution in [0.4, 0.5) is 14.9 Å². The first-order valence-corrected chi connectivity index (χ1v) is 26.6. The number of ether oxygens (including phenoxy) is 1. The van der Waals surface area contributed by atoms with E-state index < -0.39 is 29.8 Å². The summed E-state index contributed by atoms with van der Waals surface area (Å²) >= 11 is 0. The van der Waals surface area contributed by atoms with Crippen LogP contribution in [-0.2, 0) is 34.5 Å². The lowest BCUT2D eigenvalue weighted by Gasteiger charge is -2.35. The van der Waals surface area contributed by atoms with Gasteiger partial charge in [-0.3, -0.25) is 48.0 Å². The minimum absolute atomic E-state index is 0.0532. The number of nitrogens with zero attached hydrogens (tertiary/aromatic N) is 8. The Balaban J connectivity index is 0.745. The number of pyridine rings is 1. The molecule has 3 atom stereocenters. The fourth-order valence-electron chi connectivity index (χ4n) is 12.0. The zero-order valence-corrected chi connectivity index (χ0v) is 44.0. The molecule has 4 aliphatic rings. The molecule has 4 aromatic heterocycles. The van der Waals surface area contributed by atoms with E-state index in [0.29, 0.717) is 113 Å². The number of H-pyrrole nitrogens is 1. The topological polar surface area (TPSA) is 231 Å². The second kappa shape index (κ2) is 20.1. The maximum absolute atomic E-state index is 16.6. The van der Waals surface area contributed by atoms with E-state index in [1.165, 1.54) is 24.1 Å². The molecule has 12 rings (SSSR count). The first-order chi connectivity index (χ1) is 38.1. The lowest BCUT2D eigenvalue weighted by atomic mass is 9.96. The first kappa shape index (κ1) is 50.8. The second-order valence-electron chi connectivity index (χ2n) is 21.2. The third kappa shape index (κ3) is 9.15. The Hall–Kier alpha value is -8.98. The van der Waals surface area contributed by atoms with Gasteiger partial charge in [-0.1, -0.05) is 24.3 Å². The number of imidazole rings is 1. The number of aromatic nitrogens is 6. The van der Waals surface area contributed by atoms with E-state index in [1.807, 2.05) is 41.2 Å². The number of imide groups is 1. The van der Waals surface area contributed by atoms with Crippen LogP contribution >= 0.6 is 0 Å². The smallest absolute Gasteiger partial charge is 0.407 e. The predicted molar refractivity (Wildman–Crippen MR) is 292 cm³/mol. The number of benzene rings is 4. The van der Waals surface area contributed by atoms with Gasteiger partial charge in [0.2, 0.25) is 11.8 Å². The van der Waals surface area contributed by atoms with Crippen molar-refractivity contribution in [2.24, 2.45) is 7.05 Å². The van der Waals surface area contributed by atoms with Crippen molar-refractivity contribution < 1.29 is 37.9 Å². The molecule has 4 N–H and O–H groups in total. The van der Waals surface area contributed by atoms with Gasteiger partial charge >= 0.3 is 11.8 Å². The molecule has 1 unspecified atom stereocenters. The Morgan fingerprint density at radius 3 is 2.41 bits per heavy atom. The number of nitrogens with one attached hydrogen (secondary N) is 4. The lowest BCUT2D eigenvalue weighted by Crippen LogP contribution is -2.52. The van der Waals surface area contributed by atoms with Crippen LogP contribution in [0.25, 0.3) is 55.4 Å². The molecular formula is C58H57FN12O8. The summed E-state index contributed by atoms with van der Waals surface area (Å²) in [5.41, 5.74) is 8.03. The van der Waals surface area contributed by atoms with Gasteiger partial charge in [-0.2, -0.15) is 5.10 Å². The Labute approximate surface area is 451 Å². The highest BCUT2D eigenvalue weighted by Gasteiger charge is 2.39. The minimum atomic E-state index is -0.732. The fourth-order valence-corrected chi connectivity index (χ4v) is 12.0. The molecule has 1 aliphatic carbocycles. The molecule has 20 nitrogen and oxygen atoms in total. The van der Waals surface area contributed by atoms with Crippen molar-refractivity contribution in [3.63, 3.8) is 0 Å². The third-order valence-corrected chi connectivity index (χ3v) is 16.1. The van der Waals surface area contributed by atoms with Crippen LogP contribution in [-0.4, -0.2) is 125 Å². The van der Waals surface area contributed by atoms with Crippen molar-refractivity contribution in [1.82, 2.24) is 54.2 Å². The number of piperazine rings is 1. The summed E-state index contributed by atoms with van der Waals surface area (Å²) in [5.74, 6) is -2.56. The molecule has 21 heteroatoms. The van der Waals surface area contributed by atoms with E-state index in [-0.39, 0.29) is 66.5 Å². The fraction of sp³-hybridized carbons (Fsp3) is 0.328. The average molecular weight is 1070 g/mol. The van der Waals surface area contributed by atoms with Crippen LogP contribution in [0.2, 0.25) is 0 Å². The third-order valence-electron chi connectivity index (χ3n) is 16.1. The molecule has 404 valence electrons. The Morgan fingerprint density at radius 1 is 0.873 bits per heavy atom. The lowest BCUT2D eigenvalue weighted by molar-refractivity contribution is -0.136. The van der Waals surface area contributed by atoms with Crippen LogP contribution in [0.3, 0.4) is 0 Å². The number of hydrogen-bond donors (Lipinski definition) is 4. The summed E-state index contributed by atoms with van der Waals surface area (Å²) in [4.78, 5) is 105. The van der Waals surface area contributed by atoms with E-state index in [4.69, 9.17) is 9.72 Å². The van der Waals surface area contributed by atoms with E-state index in [9.17, 15) is 33.6 Å². The molecule has 3 fully saturated rings. The number of methoxy groups -OCH3 is 1. The molecule has 8 aromatic rings. The zero-order chi connectivity index (χ0) is 55.0. The molecule has 6 amide bonds. The number of aryl methyl sites for hydroxylation is 1. The van der Waals surface area contributed by atoms with Gasteiger partial charge < -0.3 is 30.2 Å². The number of hydrogen-bond acceptors (Lipinski definition) is 11. The zero-order valence-electron chi connectivity index (χ0n) is 44.0. The highest BCUT2D eigenvalue weighted by Crippen LogP contribution is 2.44. The van der Waals surface area contributed by atoms with Crippen LogP contribution in [0.15, 0.2) is 96.1 Å². The first-order valence-electron chi connectivity index (χ1n) is 26.6. The number of carbonyl (C=O) groups excluding carboxylic acids is 6. The van der Waals surface area contributed by atoms with Gasteiger partial charge in [0, 0.05) is 104 Å². The SMILES string of the molecule is COC(=O)N[C@@H]1CC[C@@H](n2c(=O)n(C)c3cnc4[nH]c(-c5ccc(C(=O)N6CCN(Cc7ccc(C(=O)Nc8ccc9c(c8)CN(C8CCC(=O)NC8=O)C9=O)cc7)CC6)c(F)c5)c(-c5ccc6c(cnn6C(C)C)c5)c4c32)C1. The van der Waals surface area contributed by atoms with Crippen LogP contribution in [0, 0.1) is 5.82 Å². The van der Waals surface area contributed by atoms with Gasteiger partial charge in [0.15, 0.2) is 0 Å². The molecule has 2 saturated heterocycles. The van der Waals surface area contributed by atoms with Crippen LogP contribution < -0.4 is 21.6 Å². The highest BCUT2D eigenvalue weighted by molar-refractivity contribution is 6.15. The molecular weight excluding hydrogens is 1010 g/mol. The summed E-state index contributed by atoms with van der Waals surface area (Å²) in [5, 5.41) is 14.3. The molecule has 4 aromatic carbocycles. The maximum Gasteiger partial charge on any atom is 0.407 e. The summed E-state index contributed by atoms with van der Waals surface area (Å²) in [6.45, 7) is 6.74. The molecule has 1 saturated carbocycles. The second-order valence-corrected chi connectivity index (χ2v) is 21.2. The molecule has 3 aliphatic heterocycles. The maximum atomic E-state index is 16.6. The summed E-state index contributed by atoms with van der Waals surface area (Å²) in [6.07, 6.45) is 5.19. The van der Waals surface area contributed by atoms with Gasteiger partial charge in [-0.05, 0) is 111 Å². The van der Waals surface area contributed by atoms with E-state index >= 15 is 4.39 Å². The Morgan fingerprint density at radius 2 is 1.66 bits per heavy atom. The van der Waals surface area contributed by atoms with E-state index in [0.717, 1.165) is 22.0 Å². The minimum Gasteiger partial charge on any atom is -0.453 e. The molecule has 0 bridgehead atoms. The van der Waals surface area contributed by atoms with Crippen molar-refractivity contribution in [1.29, 1.82) is 0 Å². The van der Waals surface area contributed by atoms with E-state index in [1.54, 1.807) is 63.7 Å². The Bertz CT molecular complexity index is 3910. The van der Waals surface area contributed by atoms with Crippen molar-refractivity contribution in [3.8, 4) is 22.4 Å². The molecule has 79 heavy (non-hydrogen) atoms. The summed E-state index contributed by atoms with van der Waals surface area (Å²) in [6, 6.07) is 21.9. The van der Waals surface area contributed by atoms with E-state index in [2.05, 4.69) is 44.8 Å². The predicted octanol–water partition coefficient (Wildman–Crippen LogP) is 7.04. The summed E-state index contributed by atoms with van der Waals surface area (Å²) in [7, 11) is 3.04. The largest absolute Gasteiger partial charge is 0.453 e. The van der Waals surface area contributed by atoms with Crippen molar-refractivity contribution in [3.05, 3.63) is 135 Å². The van der Waals surface area contributed by atoms with Crippen molar-refractivity contribution in [2.45, 2.75) is 83.2 Å². The van der Waals surface area contributed by atoms with Gasteiger partial charge in [0.25, 0.3) is 17.7 Å². The quantitative estimate of drug-likeness (QED) is 0.0960. The van der Waals surface area contributed by atoms with Gasteiger partial charge in [0.1, 0.15) is 17.5 Å². The molecule has 0 spiro atoms. The number of aromatic amines is 1. The number of carbonyl (C=O) groups is 6. The monoisotopic (exact) mass is 1070 g/mol. The van der Waals surface area contributed by atoms with Gasteiger partial charge in [-0.15, -0.1) is 0 Å². The number of halogens is 1. The number of anilines is 1. The number of alkyl carbamates (subject to hydrolysis) is 1. The molecule has 7 heterocycles. The number of rotatable bonds is 11. The Kier molecular flexibility index (Phi) is 12.9. The number of amides is 6. The van der Waals surface area contributed by atoms with Crippen LogP contribution in [0.5, 0.6) is 0 Å². The highest BCUT2D eigenvalue weighted by atomic mass is 19.1. The number of fused-ring (bicyclic) bond motifs is 5. The molecule has 0 radical (unpaired) electrons. The normalized spacial score (nSPS) is 18.8. The van der Waals surface area contributed by atoms with Crippen molar-refractivity contribution >= 4 is 74.3 Å².